The van der Waals surface area contributed by atoms with Crippen molar-refractivity contribution in [2.45, 2.75) is 52.2 Å². The smallest absolute Gasteiger partial charge is 0.408 e. The zero-order chi connectivity index (χ0) is 23.3. The number of carbonyl (C=O) groups excluding carboxylic acids is 1. The Balaban J connectivity index is 1.53. The zero-order valence-corrected chi connectivity index (χ0v) is 20.0. The van der Waals surface area contributed by atoms with Crippen molar-refractivity contribution in [1.82, 2.24) is 25.5 Å². The van der Waals surface area contributed by atoms with Gasteiger partial charge in [0.2, 0.25) is 0 Å². The summed E-state index contributed by atoms with van der Waals surface area (Å²) in [6.07, 6.45) is 6.65. The van der Waals surface area contributed by atoms with Crippen LogP contribution in [0.3, 0.4) is 0 Å². The number of H-pyrrole nitrogens is 1. The number of nitrogens with zero attached hydrogens (tertiary/aromatic N) is 4. The molecule has 0 spiro atoms. The van der Waals surface area contributed by atoms with Gasteiger partial charge in [-0.1, -0.05) is 5.92 Å². The number of rotatable bonds is 6. The quantitative estimate of drug-likeness (QED) is 0.517. The van der Waals surface area contributed by atoms with Crippen LogP contribution in [0.5, 0.6) is 0 Å². The van der Waals surface area contributed by atoms with Gasteiger partial charge in [-0.25, -0.2) is 9.78 Å². The number of pyridine rings is 1. The van der Waals surface area contributed by atoms with Crippen LogP contribution in [-0.4, -0.2) is 44.9 Å². The highest BCUT2D eigenvalue weighted by Gasteiger charge is 2.23. The van der Waals surface area contributed by atoms with Crippen LogP contribution in [0.25, 0.3) is 21.1 Å². The molecule has 0 saturated carbocycles. The predicted molar refractivity (Wildman–Crippen MR) is 130 cm³/mol. The standard InChI is InChI=1S/C24H28N6O2S/c1-4-10-24(2,3)32-23(31)26-16-18-14-19(29-28-18)20-21(30-12-6-5-7-13-30)27-22(33-20)17-9-8-11-25-15-17/h8-9,11,14-15H,5-7,12-13,16H2,1-3H3,(H,26,31)(H,28,29). The van der Waals surface area contributed by atoms with E-state index in [9.17, 15) is 4.79 Å². The van der Waals surface area contributed by atoms with Gasteiger partial charge in [0.25, 0.3) is 0 Å². The summed E-state index contributed by atoms with van der Waals surface area (Å²) in [5.74, 6) is 6.59. The summed E-state index contributed by atoms with van der Waals surface area (Å²) < 4.78 is 5.36. The molecule has 4 rings (SSSR count). The number of amides is 1. The summed E-state index contributed by atoms with van der Waals surface area (Å²) in [6.45, 7) is 7.47. The molecule has 1 aliphatic heterocycles. The first kappa shape index (κ1) is 22.8. The van der Waals surface area contributed by atoms with Gasteiger partial charge in [0, 0.05) is 31.0 Å². The second-order valence-corrected chi connectivity index (χ2v) is 9.37. The van der Waals surface area contributed by atoms with E-state index < -0.39 is 11.7 Å². The summed E-state index contributed by atoms with van der Waals surface area (Å²) in [5, 5.41) is 11.2. The van der Waals surface area contributed by atoms with Crippen LogP contribution in [-0.2, 0) is 11.3 Å². The van der Waals surface area contributed by atoms with Crippen molar-refractivity contribution < 1.29 is 9.53 Å². The van der Waals surface area contributed by atoms with Crippen molar-refractivity contribution in [3.63, 3.8) is 0 Å². The van der Waals surface area contributed by atoms with E-state index in [2.05, 4.69) is 37.2 Å². The second-order valence-electron chi connectivity index (χ2n) is 8.37. The summed E-state index contributed by atoms with van der Waals surface area (Å²) >= 11 is 1.61. The van der Waals surface area contributed by atoms with E-state index >= 15 is 0 Å². The number of carbonyl (C=O) groups is 1. The topological polar surface area (TPSA) is 96.0 Å². The number of alkyl carbamates (subject to hydrolysis) is 1. The van der Waals surface area contributed by atoms with E-state index in [4.69, 9.17) is 9.72 Å². The lowest BCUT2D eigenvalue weighted by Crippen LogP contribution is -2.33. The number of thiazole rings is 1. The number of piperidine rings is 1. The van der Waals surface area contributed by atoms with Crippen LogP contribution >= 0.6 is 11.3 Å². The minimum absolute atomic E-state index is 0.273. The molecule has 3 aromatic rings. The van der Waals surface area contributed by atoms with E-state index in [1.54, 1.807) is 38.3 Å². The van der Waals surface area contributed by atoms with Gasteiger partial charge < -0.3 is 15.0 Å². The molecular formula is C24H28N6O2S. The van der Waals surface area contributed by atoms with Crippen LogP contribution in [0.1, 0.15) is 45.7 Å². The van der Waals surface area contributed by atoms with Crippen molar-refractivity contribution >= 4 is 23.2 Å². The number of ether oxygens (including phenoxy) is 1. The molecule has 1 fully saturated rings. The van der Waals surface area contributed by atoms with Crippen molar-refractivity contribution in [2.24, 2.45) is 0 Å². The van der Waals surface area contributed by atoms with E-state index in [0.29, 0.717) is 0 Å². The van der Waals surface area contributed by atoms with Gasteiger partial charge in [-0.15, -0.1) is 17.3 Å². The minimum atomic E-state index is -0.841. The molecule has 1 saturated heterocycles. The first-order valence-electron chi connectivity index (χ1n) is 11.1. The number of hydrogen-bond donors (Lipinski definition) is 2. The van der Waals surface area contributed by atoms with Gasteiger partial charge in [0.1, 0.15) is 16.5 Å². The summed E-state index contributed by atoms with van der Waals surface area (Å²) in [6, 6.07) is 5.89. The fourth-order valence-electron chi connectivity index (χ4n) is 3.74. The van der Waals surface area contributed by atoms with Crippen LogP contribution in [0.2, 0.25) is 0 Å². The number of aromatic amines is 1. The number of hydrogen-bond acceptors (Lipinski definition) is 7. The highest BCUT2D eigenvalue weighted by molar-refractivity contribution is 7.19. The van der Waals surface area contributed by atoms with Crippen molar-refractivity contribution in [1.29, 1.82) is 0 Å². The molecule has 2 N–H and O–H groups in total. The average molecular weight is 465 g/mol. The third-order valence-corrected chi connectivity index (χ3v) is 6.35. The Bertz CT molecular complexity index is 1150. The molecule has 8 nitrogen and oxygen atoms in total. The maximum Gasteiger partial charge on any atom is 0.408 e. The van der Waals surface area contributed by atoms with Gasteiger partial charge in [-0.3, -0.25) is 10.1 Å². The number of anilines is 1. The van der Waals surface area contributed by atoms with Gasteiger partial charge >= 0.3 is 6.09 Å². The average Bonchev–Trinajstić information content (AvgIpc) is 3.46. The number of nitrogens with one attached hydrogen (secondary N) is 2. The van der Waals surface area contributed by atoms with Gasteiger partial charge in [-0.05, 0) is 58.2 Å². The first-order valence-corrected chi connectivity index (χ1v) is 11.9. The first-order chi connectivity index (χ1) is 15.9. The monoisotopic (exact) mass is 464 g/mol. The normalized spacial score (nSPS) is 13.8. The summed E-state index contributed by atoms with van der Waals surface area (Å²) in [7, 11) is 0. The van der Waals surface area contributed by atoms with E-state index in [1.807, 2.05) is 24.4 Å². The molecule has 1 aliphatic rings. The molecule has 9 heteroatoms. The van der Waals surface area contributed by atoms with E-state index in [-0.39, 0.29) is 6.54 Å². The van der Waals surface area contributed by atoms with Gasteiger partial charge in [0.15, 0.2) is 5.60 Å². The molecular weight excluding hydrogens is 436 g/mol. The fraction of sp³-hybridized carbons (Fsp3) is 0.417. The van der Waals surface area contributed by atoms with E-state index in [1.165, 1.54) is 6.42 Å². The lowest BCUT2D eigenvalue weighted by molar-refractivity contribution is 0.0776. The molecule has 0 bridgehead atoms. The Morgan fingerprint density at radius 1 is 1.33 bits per heavy atom. The second kappa shape index (κ2) is 10.0. The Morgan fingerprint density at radius 2 is 2.15 bits per heavy atom. The van der Waals surface area contributed by atoms with Gasteiger partial charge in [-0.2, -0.15) is 5.10 Å². The third kappa shape index (κ3) is 5.71. The molecule has 33 heavy (non-hydrogen) atoms. The Labute approximate surface area is 197 Å². The zero-order valence-electron chi connectivity index (χ0n) is 19.1. The molecule has 0 aliphatic carbocycles. The van der Waals surface area contributed by atoms with Crippen LogP contribution < -0.4 is 10.2 Å². The van der Waals surface area contributed by atoms with Crippen LogP contribution in [0.4, 0.5) is 10.6 Å². The molecule has 0 unspecified atom stereocenters. The summed E-state index contributed by atoms with van der Waals surface area (Å²) in [5.41, 5.74) is 1.74. The minimum Gasteiger partial charge on any atom is -0.430 e. The maximum atomic E-state index is 12.1. The molecule has 172 valence electrons. The van der Waals surface area contributed by atoms with E-state index in [0.717, 1.165) is 58.6 Å². The SMILES string of the molecule is CC#CC(C)(C)OC(=O)NCc1cc(-c2sc(-c3cccnc3)nc2N2CCCCC2)n[nH]1. The Morgan fingerprint density at radius 3 is 2.88 bits per heavy atom. The number of aromatic nitrogens is 4. The van der Waals surface area contributed by atoms with Crippen molar-refractivity contribution in [3.05, 3.63) is 36.3 Å². The molecule has 3 aromatic heterocycles. The molecule has 1 amide bonds. The van der Waals surface area contributed by atoms with Crippen molar-refractivity contribution in [3.8, 4) is 33.0 Å². The lowest BCUT2D eigenvalue weighted by atomic mass is 10.1. The van der Waals surface area contributed by atoms with Crippen molar-refractivity contribution in [2.75, 3.05) is 18.0 Å². The molecule has 0 aromatic carbocycles. The Kier molecular flexibility index (Phi) is 6.94. The lowest BCUT2D eigenvalue weighted by Gasteiger charge is -2.27. The van der Waals surface area contributed by atoms with Crippen LogP contribution in [0, 0.1) is 11.8 Å². The third-order valence-electron chi connectivity index (χ3n) is 5.23. The Hall–Kier alpha value is -3.38. The fourth-order valence-corrected chi connectivity index (χ4v) is 4.78. The molecule has 0 atom stereocenters. The predicted octanol–water partition coefficient (Wildman–Crippen LogP) is 4.61. The highest BCUT2D eigenvalue weighted by atomic mass is 32.1. The van der Waals surface area contributed by atoms with Crippen LogP contribution in [0.15, 0.2) is 30.6 Å². The maximum absolute atomic E-state index is 12.1. The summed E-state index contributed by atoms with van der Waals surface area (Å²) in [4.78, 5) is 24.7. The largest absolute Gasteiger partial charge is 0.430 e. The van der Waals surface area contributed by atoms with Gasteiger partial charge in [0.05, 0.1) is 17.1 Å². The molecule has 0 radical (unpaired) electrons. The highest BCUT2D eigenvalue weighted by Crippen LogP contribution is 2.40. The molecule has 4 heterocycles.